The fourth-order valence-electron chi connectivity index (χ4n) is 1.69. The van der Waals surface area contributed by atoms with Gasteiger partial charge in [-0.3, -0.25) is 0 Å². The van der Waals surface area contributed by atoms with Crippen molar-refractivity contribution in [1.29, 1.82) is 0 Å². The van der Waals surface area contributed by atoms with Crippen molar-refractivity contribution in [2.45, 2.75) is 19.3 Å². The van der Waals surface area contributed by atoms with Gasteiger partial charge in [0.25, 0.3) is 0 Å². The number of nitrogens with zero attached hydrogens (tertiary/aromatic N) is 2. The Bertz CT molecular complexity index is 336. The highest BCUT2D eigenvalue weighted by molar-refractivity contribution is 6.29. The lowest BCUT2D eigenvalue weighted by Gasteiger charge is -2.27. The zero-order valence-electron chi connectivity index (χ0n) is 8.54. The van der Waals surface area contributed by atoms with E-state index in [2.05, 4.69) is 15.4 Å². The van der Waals surface area contributed by atoms with E-state index in [4.69, 9.17) is 17.3 Å². The van der Waals surface area contributed by atoms with E-state index in [0.29, 0.717) is 16.7 Å². The molecule has 0 radical (unpaired) electrons. The zero-order valence-corrected chi connectivity index (χ0v) is 9.30. The number of nitrogen functional groups attached to an aromatic ring is 1. The van der Waals surface area contributed by atoms with Crippen LogP contribution in [-0.2, 0) is 0 Å². The van der Waals surface area contributed by atoms with E-state index < -0.39 is 0 Å². The third kappa shape index (κ3) is 2.73. The molecule has 4 nitrogen and oxygen atoms in total. The van der Waals surface area contributed by atoms with Gasteiger partial charge in [0, 0.05) is 13.1 Å². The SMILES string of the molecule is Nc1ccc(Cl)nc1NN1CCCCC1. The minimum atomic E-state index is 0.462. The van der Waals surface area contributed by atoms with Crippen LogP contribution in [0.25, 0.3) is 0 Å². The van der Waals surface area contributed by atoms with Gasteiger partial charge in [-0.05, 0) is 25.0 Å². The van der Waals surface area contributed by atoms with Crippen LogP contribution in [0, 0.1) is 0 Å². The summed E-state index contributed by atoms with van der Waals surface area (Å²) in [5, 5.41) is 2.60. The maximum atomic E-state index is 5.81. The van der Waals surface area contributed by atoms with Gasteiger partial charge in [-0.25, -0.2) is 9.99 Å². The van der Waals surface area contributed by atoms with E-state index in [1.54, 1.807) is 12.1 Å². The summed E-state index contributed by atoms with van der Waals surface area (Å²) in [4.78, 5) is 4.15. The van der Waals surface area contributed by atoms with Crippen molar-refractivity contribution < 1.29 is 0 Å². The fraction of sp³-hybridized carbons (Fsp3) is 0.500. The minimum absolute atomic E-state index is 0.462. The van der Waals surface area contributed by atoms with Gasteiger partial charge in [-0.2, -0.15) is 0 Å². The first-order chi connectivity index (χ1) is 7.25. The number of piperidine rings is 1. The van der Waals surface area contributed by atoms with Gasteiger partial charge in [-0.1, -0.05) is 18.0 Å². The zero-order chi connectivity index (χ0) is 10.7. The number of hydrogen-bond donors (Lipinski definition) is 2. The molecule has 5 heteroatoms. The molecule has 1 aromatic heterocycles. The van der Waals surface area contributed by atoms with Gasteiger partial charge in [-0.15, -0.1) is 0 Å². The smallest absolute Gasteiger partial charge is 0.165 e. The van der Waals surface area contributed by atoms with Crippen LogP contribution >= 0.6 is 11.6 Å². The molecule has 1 saturated heterocycles. The maximum Gasteiger partial charge on any atom is 0.165 e. The Kier molecular flexibility index (Phi) is 3.28. The van der Waals surface area contributed by atoms with Crippen LogP contribution in [0.15, 0.2) is 12.1 Å². The first-order valence-corrected chi connectivity index (χ1v) is 5.57. The standard InChI is InChI=1S/C10H15ClN4/c11-9-5-4-8(12)10(13-9)14-15-6-2-1-3-7-15/h4-5H,1-3,6-7,12H2,(H,13,14). The lowest BCUT2D eigenvalue weighted by molar-refractivity contribution is 0.272. The summed E-state index contributed by atoms with van der Waals surface area (Å²) in [7, 11) is 0. The molecule has 1 fully saturated rings. The minimum Gasteiger partial charge on any atom is -0.396 e. The van der Waals surface area contributed by atoms with E-state index in [1.807, 2.05) is 0 Å². The molecule has 82 valence electrons. The molecule has 0 spiro atoms. The van der Waals surface area contributed by atoms with Crippen molar-refractivity contribution in [2.24, 2.45) is 0 Å². The van der Waals surface area contributed by atoms with Gasteiger partial charge in [0.15, 0.2) is 5.82 Å². The number of hydrazine groups is 1. The number of nitrogens with one attached hydrogen (secondary N) is 1. The highest BCUT2D eigenvalue weighted by Gasteiger charge is 2.11. The van der Waals surface area contributed by atoms with Crippen LogP contribution in [0.2, 0.25) is 5.15 Å². The van der Waals surface area contributed by atoms with Crippen LogP contribution in [0.5, 0.6) is 0 Å². The lowest BCUT2D eigenvalue weighted by atomic mass is 10.2. The van der Waals surface area contributed by atoms with Gasteiger partial charge in [0.05, 0.1) is 5.69 Å². The number of pyridine rings is 1. The number of aromatic nitrogens is 1. The maximum absolute atomic E-state index is 5.81. The van der Waals surface area contributed by atoms with Crippen LogP contribution < -0.4 is 11.2 Å². The molecule has 0 bridgehead atoms. The molecule has 1 aliphatic rings. The Labute approximate surface area is 94.4 Å². The summed E-state index contributed by atoms with van der Waals surface area (Å²) >= 11 is 5.81. The number of rotatable bonds is 2. The van der Waals surface area contributed by atoms with Crippen LogP contribution in [0.3, 0.4) is 0 Å². The fourth-order valence-corrected chi connectivity index (χ4v) is 1.84. The third-order valence-corrected chi connectivity index (χ3v) is 2.72. The summed E-state index contributed by atoms with van der Waals surface area (Å²) in [5.74, 6) is 0.657. The quantitative estimate of drug-likeness (QED) is 0.759. The first kappa shape index (κ1) is 10.5. The number of anilines is 2. The summed E-state index contributed by atoms with van der Waals surface area (Å²) in [6.07, 6.45) is 3.73. The summed E-state index contributed by atoms with van der Waals surface area (Å²) < 4.78 is 0. The molecule has 2 rings (SSSR count). The summed E-state index contributed by atoms with van der Waals surface area (Å²) in [6.45, 7) is 2.07. The topological polar surface area (TPSA) is 54.2 Å². The van der Waals surface area contributed by atoms with Crippen molar-refractivity contribution in [3.8, 4) is 0 Å². The van der Waals surface area contributed by atoms with Gasteiger partial charge in [0.2, 0.25) is 0 Å². The van der Waals surface area contributed by atoms with Crippen LogP contribution in [0.4, 0.5) is 11.5 Å². The van der Waals surface area contributed by atoms with Gasteiger partial charge in [0.1, 0.15) is 5.15 Å². The molecule has 2 heterocycles. The molecule has 1 aromatic rings. The number of hydrogen-bond acceptors (Lipinski definition) is 4. The van der Waals surface area contributed by atoms with Gasteiger partial charge >= 0.3 is 0 Å². The predicted octanol–water partition coefficient (Wildman–Crippen LogP) is 2.13. The Morgan fingerprint density at radius 1 is 1.27 bits per heavy atom. The molecule has 1 aliphatic heterocycles. The van der Waals surface area contributed by atoms with Crippen LogP contribution in [-0.4, -0.2) is 23.1 Å². The monoisotopic (exact) mass is 226 g/mol. The largest absolute Gasteiger partial charge is 0.396 e. The van der Waals surface area contributed by atoms with E-state index in [-0.39, 0.29) is 0 Å². The molecule has 0 unspecified atom stereocenters. The summed E-state index contributed by atoms with van der Waals surface area (Å²) in [6, 6.07) is 3.46. The van der Waals surface area contributed by atoms with E-state index in [0.717, 1.165) is 13.1 Å². The Hall–Kier alpha value is -1.00. The normalized spacial score (nSPS) is 17.7. The molecule has 0 aromatic carbocycles. The second-order valence-corrected chi connectivity index (χ2v) is 4.12. The van der Waals surface area contributed by atoms with E-state index >= 15 is 0 Å². The van der Waals surface area contributed by atoms with Crippen molar-refractivity contribution in [3.05, 3.63) is 17.3 Å². The predicted molar refractivity (Wildman–Crippen MR) is 62.7 cm³/mol. The second-order valence-electron chi connectivity index (χ2n) is 3.73. The third-order valence-electron chi connectivity index (χ3n) is 2.51. The molecule has 0 aliphatic carbocycles. The van der Waals surface area contributed by atoms with Crippen LogP contribution in [0.1, 0.15) is 19.3 Å². The number of nitrogens with two attached hydrogens (primary N) is 1. The lowest BCUT2D eigenvalue weighted by Crippen LogP contribution is -2.35. The highest BCUT2D eigenvalue weighted by Crippen LogP contribution is 2.20. The Morgan fingerprint density at radius 3 is 2.73 bits per heavy atom. The molecular formula is C10H15ClN4. The van der Waals surface area contributed by atoms with Crippen molar-refractivity contribution in [1.82, 2.24) is 9.99 Å². The van der Waals surface area contributed by atoms with Gasteiger partial charge < -0.3 is 11.2 Å². The van der Waals surface area contributed by atoms with Crippen molar-refractivity contribution in [3.63, 3.8) is 0 Å². The summed E-state index contributed by atoms with van der Waals surface area (Å²) in [5.41, 5.74) is 9.63. The van der Waals surface area contributed by atoms with E-state index in [1.165, 1.54) is 19.3 Å². The molecule has 0 amide bonds. The Balaban J connectivity index is 2.05. The van der Waals surface area contributed by atoms with E-state index in [9.17, 15) is 0 Å². The molecular weight excluding hydrogens is 212 g/mol. The average Bonchev–Trinajstić information content (AvgIpc) is 2.25. The molecule has 15 heavy (non-hydrogen) atoms. The molecule has 3 N–H and O–H groups in total. The average molecular weight is 227 g/mol. The Morgan fingerprint density at radius 2 is 2.00 bits per heavy atom. The molecule has 0 atom stereocenters. The first-order valence-electron chi connectivity index (χ1n) is 5.19. The molecule has 0 saturated carbocycles. The van der Waals surface area contributed by atoms with Crippen molar-refractivity contribution in [2.75, 3.05) is 24.2 Å². The second kappa shape index (κ2) is 4.68. The van der Waals surface area contributed by atoms with Crippen molar-refractivity contribution >= 4 is 23.1 Å². The number of halogens is 1. The highest BCUT2D eigenvalue weighted by atomic mass is 35.5.